The Morgan fingerprint density at radius 1 is 0.591 bits per heavy atom. The van der Waals surface area contributed by atoms with Gasteiger partial charge < -0.3 is 0 Å². The zero-order valence-electron chi connectivity index (χ0n) is 12.1. The molecule has 1 aliphatic heterocycles. The van der Waals surface area contributed by atoms with Gasteiger partial charge in [-0.3, -0.25) is 4.99 Å². The first-order chi connectivity index (χ1) is 10.9. The summed E-state index contributed by atoms with van der Waals surface area (Å²) in [4.78, 5) is 4.70. The number of rotatable bonds is 1. The van der Waals surface area contributed by atoms with Gasteiger partial charge in [0, 0.05) is 11.4 Å². The van der Waals surface area contributed by atoms with Crippen LogP contribution in [-0.2, 0) is 0 Å². The van der Waals surface area contributed by atoms with E-state index in [-0.39, 0.29) is 0 Å². The number of fused-ring (bicyclic) bond motifs is 2. The number of hydrogen-bond acceptors (Lipinski definition) is 1. The molecule has 0 N–H and O–H groups in total. The fourth-order valence-electron chi connectivity index (χ4n) is 2.80. The molecule has 1 heteroatoms. The van der Waals surface area contributed by atoms with Crippen LogP contribution < -0.4 is 21.0 Å². The highest BCUT2D eigenvalue weighted by Gasteiger charge is 2.02. The molecule has 3 aromatic carbocycles. The average Bonchev–Trinajstić information content (AvgIpc) is 2.58. The summed E-state index contributed by atoms with van der Waals surface area (Å²) in [6.45, 7) is 0. The SMILES string of the molecule is C1=c2ccccc2=CC(c2ccccc2)=c2ccccc2=N1. The van der Waals surface area contributed by atoms with Crippen LogP contribution in [0, 0.1) is 0 Å². The molecule has 0 saturated heterocycles. The van der Waals surface area contributed by atoms with E-state index < -0.39 is 0 Å². The molecule has 3 aromatic rings. The summed E-state index contributed by atoms with van der Waals surface area (Å²) in [5.74, 6) is 0. The Balaban J connectivity index is 2.20. The molecular weight excluding hydrogens is 266 g/mol. The molecule has 1 heterocycles. The molecule has 0 unspecified atom stereocenters. The Morgan fingerprint density at radius 2 is 1.27 bits per heavy atom. The molecule has 0 bridgehead atoms. The molecule has 1 nitrogen and oxygen atoms in total. The fraction of sp³-hybridized carbons (Fsp3) is 0. The third-order valence-electron chi connectivity index (χ3n) is 3.92. The van der Waals surface area contributed by atoms with Crippen LogP contribution in [0.2, 0.25) is 0 Å². The van der Waals surface area contributed by atoms with E-state index in [4.69, 9.17) is 4.99 Å². The van der Waals surface area contributed by atoms with Gasteiger partial charge >= 0.3 is 0 Å². The highest BCUT2D eigenvalue weighted by atomic mass is 14.7. The number of hydrogen-bond donors (Lipinski definition) is 0. The normalized spacial score (nSPS) is 12.6. The molecule has 0 fully saturated rings. The van der Waals surface area contributed by atoms with Crippen LogP contribution >= 0.6 is 0 Å². The molecular formula is C21H15N. The summed E-state index contributed by atoms with van der Waals surface area (Å²) < 4.78 is 0. The number of para-hydroxylation sites is 1. The third-order valence-corrected chi connectivity index (χ3v) is 3.92. The van der Waals surface area contributed by atoms with E-state index in [1.807, 2.05) is 24.4 Å². The van der Waals surface area contributed by atoms with Gasteiger partial charge in [0.15, 0.2) is 0 Å². The molecule has 0 amide bonds. The molecule has 4 rings (SSSR count). The van der Waals surface area contributed by atoms with Gasteiger partial charge in [0.25, 0.3) is 0 Å². The number of benzene rings is 3. The molecule has 0 spiro atoms. The molecule has 0 aromatic heterocycles. The Hall–Kier alpha value is -2.93. The van der Waals surface area contributed by atoms with E-state index in [0.717, 1.165) is 10.6 Å². The quantitative estimate of drug-likeness (QED) is 0.644. The van der Waals surface area contributed by atoms with Crippen LogP contribution in [0.15, 0.2) is 83.9 Å². The second-order valence-electron chi connectivity index (χ2n) is 5.33. The first-order valence-electron chi connectivity index (χ1n) is 7.41. The van der Waals surface area contributed by atoms with Crippen molar-refractivity contribution in [1.29, 1.82) is 0 Å². The van der Waals surface area contributed by atoms with E-state index in [1.54, 1.807) is 0 Å². The summed E-state index contributed by atoms with van der Waals surface area (Å²) in [6.07, 6.45) is 4.21. The van der Waals surface area contributed by atoms with Crippen LogP contribution in [0.25, 0.3) is 17.8 Å². The van der Waals surface area contributed by atoms with Crippen LogP contribution in [0.5, 0.6) is 0 Å². The lowest BCUT2D eigenvalue weighted by Crippen LogP contribution is -2.31. The van der Waals surface area contributed by atoms with Gasteiger partial charge in [0.2, 0.25) is 0 Å². The van der Waals surface area contributed by atoms with E-state index in [2.05, 4.69) is 66.7 Å². The summed E-state index contributed by atoms with van der Waals surface area (Å²) in [6, 6.07) is 27.2. The highest BCUT2D eigenvalue weighted by Crippen LogP contribution is 2.11. The first-order valence-corrected chi connectivity index (χ1v) is 7.41. The summed E-state index contributed by atoms with van der Waals surface area (Å²) in [5.41, 5.74) is 2.42. The summed E-state index contributed by atoms with van der Waals surface area (Å²) in [5, 5.41) is 4.51. The monoisotopic (exact) mass is 281 g/mol. The van der Waals surface area contributed by atoms with Crippen molar-refractivity contribution in [1.82, 2.24) is 0 Å². The largest absolute Gasteiger partial charge is 0.256 e. The van der Waals surface area contributed by atoms with Crippen molar-refractivity contribution >= 4 is 17.8 Å². The standard InChI is InChI=1S/C21H15N/c1-2-8-16(9-3-1)20-14-17-10-4-5-11-18(17)15-22-21-13-7-6-12-19(20)21/h1-15H. The van der Waals surface area contributed by atoms with E-state index in [9.17, 15) is 0 Å². The number of nitrogens with zero attached hydrogens (tertiary/aromatic N) is 1. The van der Waals surface area contributed by atoms with E-state index >= 15 is 0 Å². The molecule has 0 radical (unpaired) electrons. The second-order valence-corrected chi connectivity index (χ2v) is 5.33. The topological polar surface area (TPSA) is 12.4 Å². The van der Waals surface area contributed by atoms with Crippen molar-refractivity contribution in [2.75, 3.05) is 0 Å². The molecule has 0 atom stereocenters. The Labute approximate surface area is 128 Å². The average molecular weight is 281 g/mol. The predicted molar refractivity (Wildman–Crippen MR) is 90.8 cm³/mol. The van der Waals surface area contributed by atoms with Crippen molar-refractivity contribution in [2.45, 2.75) is 0 Å². The lowest BCUT2D eigenvalue weighted by molar-refractivity contribution is 1.32. The minimum absolute atomic E-state index is 1.01. The smallest absolute Gasteiger partial charge is 0.0708 e. The maximum absolute atomic E-state index is 4.70. The minimum Gasteiger partial charge on any atom is -0.256 e. The highest BCUT2D eigenvalue weighted by molar-refractivity contribution is 5.87. The van der Waals surface area contributed by atoms with Crippen molar-refractivity contribution in [3.63, 3.8) is 0 Å². The van der Waals surface area contributed by atoms with Gasteiger partial charge in [-0.15, -0.1) is 0 Å². The lowest BCUT2D eigenvalue weighted by Gasteiger charge is -2.05. The van der Waals surface area contributed by atoms with Gasteiger partial charge in [-0.1, -0.05) is 72.8 Å². The Morgan fingerprint density at radius 3 is 2.14 bits per heavy atom. The second kappa shape index (κ2) is 5.45. The Bertz CT molecular complexity index is 1060. The minimum atomic E-state index is 1.01. The van der Waals surface area contributed by atoms with E-state index in [0.29, 0.717) is 0 Å². The maximum atomic E-state index is 4.70. The van der Waals surface area contributed by atoms with Gasteiger partial charge in [-0.05, 0) is 33.7 Å². The molecule has 0 saturated carbocycles. The third kappa shape index (κ3) is 2.27. The summed E-state index contributed by atoms with van der Waals surface area (Å²) >= 11 is 0. The van der Waals surface area contributed by atoms with Crippen LogP contribution in [0.4, 0.5) is 0 Å². The zero-order valence-corrected chi connectivity index (χ0v) is 12.1. The fourth-order valence-corrected chi connectivity index (χ4v) is 2.80. The molecule has 0 aliphatic carbocycles. The maximum Gasteiger partial charge on any atom is 0.0708 e. The lowest BCUT2D eigenvalue weighted by atomic mass is 10.0. The first kappa shape index (κ1) is 12.8. The van der Waals surface area contributed by atoms with Gasteiger partial charge in [0.05, 0.1) is 5.36 Å². The zero-order chi connectivity index (χ0) is 14.8. The van der Waals surface area contributed by atoms with Gasteiger partial charge in [-0.25, -0.2) is 0 Å². The van der Waals surface area contributed by atoms with Crippen molar-refractivity contribution in [3.05, 3.63) is 105 Å². The van der Waals surface area contributed by atoms with Crippen molar-refractivity contribution < 1.29 is 0 Å². The summed E-state index contributed by atoms with van der Waals surface area (Å²) in [7, 11) is 0. The van der Waals surface area contributed by atoms with E-state index in [1.165, 1.54) is 21.6 Å². The van der Waals surface area contributed by atoms with Gasteiger partial charge in [0.1, 0.15) is 0 Å². The predicted octanol–water partition coefficient (Wildman–Crippen LogP) is 1.74. The Kier molecular flexibility index (Phi) is 3.17. The van der Waals surface area contributed by atoms with Crippen LogP contribution in [0.1, 0.15) is 5.56 Å². The van der Waals surface area contributed by atoms with Crippen molar-refractivity contribution in [3.8, 4) is 0 Å². The van der Waals surface area contributed by atoms with Gasteiger partial charge in [-0.2, -0.15) is 0 Å². The molecule has 104 valence electrons. The molecule has 1 aliphatic rings. The van der Waals surface area contributed by atoms with Crippen LogP contribution in [-0.4, -0.2) is 0 Å². The van der Waals surface area contributed by atoms with Crippen molar-refractivity contribution in [2.24, 2.45) is 4.99 Å². The molecule has 22 heavy (non-hydrogen) atoms. The van der Waals surface area contributed by atoms with Crippen LogP contribution in [0.3, 0.4) is 0 Å².